The maximum atomic E-state index is 11.9. The van der Waals surface area contributed by atoms with Crippen LogP contribution in [-0.4, -0.2) is 37.8 Å². The molecule has 0 aromatic rings. The van der Waals surface area contributed by atoms with E-state index in [0.717, 1.165) is 45.4 Å². The van der Waals surface area contributed by atoms with Gasteiger partial charge in [0.15, 0.2) is 0 Å². The number of rotatable bonds is 6. The van der Waals surface area contributed by atoms with Crippen molar-refractivity contribution in [3.8, 4) is 0 Å². The molecular formula is C13H24N2O3. The van der Waals surface area contributed by atoms with Gasteiger partial charge in [0.1, 0.15) is 6.04 Å². The molecule has 2 N–H and O–H groups in total. The van der Waals surface area contributed by atoms with Crippen LogP contribution >= 0.6 is 0 Å². The maximum absolute atomic E-state index is 11.9. The Kier molecular flexibility index (Phi) is 5.41. The van der Waals surface area contributed by atoms with Crippen molar-refractivity contribution >= 4 is 5.91 Å². The topological polar surface area (TPSA) is 59.6 Å². The molecule has 5 nitrogen and oxygen atoms in total. The molecule has 104 valence electrons. The third-order valence-corrected chi connectivity index (χ3v) is 3.66. The van der Waals surface area contributed by atoms with Gasteiger partial charge in [-0.2, -0.15) is 5.48 Å². The molecule has 18 heavy (non-hydrogen) atoms. The summed E-state index contributed by atoms with van der Waals surface area (Å²) in [6, 6.07) is -0.186. The van der Waals surface area contributed by atoms with E-state index >= 15 is 0 Å². The van der Waals surface area contributed by atoms with Gasteiger partial charge in [0, 0.05) is 25.5 Å². The molecule has 2 fully saturated rings. The van der Waals surface area contributed by atoms with Gasteiger partial charge in [-0.3, -0.25) is 9.63 Å². The summed E-state index contributed by atoms with van der Waals surface area (Å²) in [4.78, 5) is 17.4. The van der Waals surface area contributed by atoms with Crippen LogP contribution in [0.4, 0.5) is 0 Å². The fourth-order valence-corrected chi connectivity index (χ4v) is 2.42. The average Bonchev–Trinajstić information content (AvgIpc) is 3.04. The first-order valence-electron chi connectivity index (χ1n) is 7.06. The minimum absolute atomic E-state index is 0.0564. The number of hydrogen-bond donors (Lipinski definition) is 2. The first-order valence-corrected chi connectivity index (χ1v) is 7.06. The van der Waals surface area contributed by atoms with Gasteiger partial charge in [-0.1, -0.05) is 19.8 Å². The second-order valence-electron chi connectivity index (χ2n) is 5.26. The highest BCUT2D eigenvalue weighted by atomic mass is 16.7. The normalized spacial score (nSPS) is 31.7. The number of unbranched alkanes of at least 4 members (excludes halogenated alkanes) is 1. The summed E-state index contributed by atoms with van der Waals surface area (Å²) in [5.74, 6) is 0.535. The lowest BCUT2D eigenvalue weighted by atomic mass is 10.0. The maximum Gasteiger partial charge on any atom is 0.239 e. The van der Waals surface area contributed by atoms with Crippen LogP contribution in [0, 0.1) is 5.92 Å². The van der Waals surface area contributed by atoms with Crippen LogP contribution in [0.1, 0.15) is 39.0 Å². The van der Waals surface area contributed by atoms with Crippen molar-refractivity contribution in [3.05, 3.63) is 0 Å². The lowest BCUT2D eigenvalue weighted by Gasteiger charge is -2.12. The summed E-state index contributed by atoms with van der Waals surface area (Å²) in [5.41, 5.74) is 2.85. The molecule has 0 bridgehead atoms. The van der Waals surface area contributed by atoms with Crippen LogP contribution in [0.25, 0.3) is 0 Å². The fraction of sp³-hybridized carbons (Fsp3) is 0.923. The Labute approximate surface area is 109 Å². The SMILES string of the molecule is CCCCC1CC(C(=O)NCC2CCOC2)NO1. The molecule has 2 saturated heterocycles. The molecule has 3 unspecified atom stereocenters. The van der Waals surface area contributed by atoms with Gasteiger partial charge >= 0.3 is 0 Å². The summed E-state index contributed by atoms with van der Waals surface area (Å²) < 4.78 is 5.28. The smallest absolute Gasteiger partial charge is 0.239 e. The lowest BCUT2D eigenvalue weighted by Crippen LogP contribution is -2.42. The summed E-state index contributed by atoms with van der Waals surface area (Å²) in [7, 11) is 0. The Hall–Kier alpha value is -0.650. The molecule has 0 spiro atoms. The molecule has 0 aliphatic carbocycles. The molecule has 5 heteroatoms. The van der Waals surface area contributed by atoms with Crippen LogP contribution in [0.5, 0.6) is 0 Å². The van der Waals surface area contributed by atoms with Gasteiger partial charge in [-0.05, 0) is 12.8 Å². The van der Waals surface area contributed by atoms with Gasteiger partial charge in [-0.25, -0.2) is 0 Å². The van der Waals surface area contributed by atoms with E-state index in [0.29, 0.717) is 5.92 Å². The largest absolute Gasteiger partial charge is 0.381 e. The van der Waals surface area contributed by atoms with Gasteiger partial charge in [0.2, 0.25) is 5.91 Å². The van der Waals surface area contributed by atoms with Crippen molar-refractivity contribution in [2.75, 3.05) is 19.8 Å². The highest BCUT2D eigenvalue weighted by Crippen LogP contribution is 2.17. The van der Waals surface area contributed by atoms with E-state index in [-0.39, 0.29) is 18.1 Å². The summed E-state index contributed by atoms with van der Waals surface area (Å²) in [6.45, 7) is 4.48. The first kappa shape index (κ1) is 13.8. The van der Waals surface area contributed by atoms with Crippen molar-refractivity contribution in [3.63, 3.8) is 0 Å². The highest BCUT2D eigenvalue weighted by Gasteiger charge is 2.30. The van der Waals surface area contributed by atoms with Crippen molar-refractivity contribution < 1.29 is 14.4 Å². The Morgan fingerprint density at radius 3 is 3.11 bits per heavy atom. The van der Waals surface area contributed by atoms with Crippen LogP contribution in [0.2, 0.25) is 0 Å². The molecule has 0 aromatic heterocycles. The molecule has 2 aliphatic rings. The van der Waals surface area contributed by atoms with Gasteiger partial charge < -0.3 is 10.1 Å². The zero-order valence-electron chi connectivity index (χ0n) is 11.1. The predicted molar refractivity (Wildman–Crippen MR) is 67.9 cm³/mol. The van der Waals surface area contributed by atoms with Gasteiger partial charge in [0.25, 0.3) is 0 Å². The molecule has 0 aromatic carbocycles. The van der Waals surface area contributed by atoms with E-state index in [2.05, 4.69) is 17.7 Å². The number of nitrogens with one attached hydrogen (secondary N) is 2. The Balaban J connectivity index is 1.63. The number of amides is 1. The van der Waals surface area contributed by atoms with E-state index in [1.807, 2.05) is 0 Å². The fourth-order valence-electron chi connectivity index (χ4n) is 2.42. The number of ether oxygens (including phenoxy) is 1. The van der Waals surface area contributed by atoms with Gasteiger partial charge in [0.05, 0.1) is 12.7 Å². The molecule has 2 aliphatic heterocycles. The third kappa shape index (κ3) is 3.93. The highest BCUT2D eigenvalue weighted by molar-refractivity contribution is 5.81. The second-order valence-corrected chi connectivity index (χ2v) is 5.26. The van der Waals surface area contributed by atoms with Crippen molar-refractivity contribution in [2.24, 2.45) is 5.92 Å². The van der Waals surface area contributed by atoms with Gasteiger partial charge in [-0.15, -0.1) is 0 Å². The molecule has 0 radical (unpaired) electrons. The zero-order valence-corrected chi connectivity index (χ0v) is 11.1. The minimum atomic E-state index is -0.186. The summed E-state index contributed by atoms with van der Waals surface area (Å²) in [5, 5.41) is 2.98. The van der Waals surface area contributed by atoms with Crippen molar-refractivity contribution in [1.29, 1.82) is 0 Å². The first-order chi connectivity index (χ1) is 8.79. The molecule has 1 amide bonds. The Bertz CT molecular complexity index is 267. The molecule has 0 saturated carbocycles. The van der Waals surface area contributed by atoms with E-state index in [1.165, 1.54) is 6.42 Å². The number of carbonyl (C=O) groups excluding carboxylic acids is 1. The van der Waals surface area contributed by atoms with Crippen LogP contribution in [0.15, 0.2) is 0 Å². The Morgan fingerprint density at radius 2 is 2.39 bits per heavy atom. The minimum Gasteiger partial charge on any atom is -0.381 e. The average molecular weight is 256 g/mol. The van der Waals surface area contributed by atoms with E-state index in [1.54, 1.807) is 0 Å². The number of carbonyl (C=O) groups is 1. The van der Waals surface area contributed by atoms with E-state index in [4.69, 9.17) is 9.57 Å². The molecule has 2 heterocycles. The van der Waals surface area contributed by atoms with Crippen LogP contribution in [0.3, 0.4) is 0 Å². The van der Waals surface area contributed by atoms with Crippen LogP contribution in [-0.2, 0) is 14.4 Å². The number of hydrogen-bond acceptors (Lipinski definition) is 4. The zero-order chi connectivity index (χ0) is 12.8. The van der Waals surface area contributed by atoms with E-state index in [9.17, 15) is 4.79 Å². The predicted octanol–water partition coefficient (Wildman–Crippen LogP) is 0.991. The summed E-state index contributed by atoms with van der Waals surface area (Å²) >= 11 is 0. The lowest BCUT2D eigenvalue weighted by molar-refractivity contribution is -0.124. The quantitative estimate of drug-likeness (QED) is 0.744. The third-order valence-electron chi connectivity index (χ3n) is 3.66. The standard InChI is InChI=1S/C13H24N2O3/c1-2-3-4-11-7-12(15-18-11)13(16)14-8-10-5-6-17-9-10/h10-12,15H,2-9H2,1H3,(H,14,16). The second kappa shape index (κ2) is 7.07. The summed E-state index contributed by atoms with van der Waals surface area (Å²) in [6.07, 6.45) is 5.37. The van der Waals surface area contributed by atoms with Crippen molar-refractivity contribution in [1.82, 2.24) is 10.8 Å². The van der Waals surface area contributed by atoms with E-state index < -0.39 is 0 Å². The monoisotopic (exact) mass is 256 g/mol. The number of hydroxylamine groups is 1. The molecule has 3 atom stereocenters. The Morgan fingerprint density at radius 1 is 1.50 bits per heavy atom. The molecule has 2 rings (SSSR count). The van der Waals surface area contributed by atoms with Crippen molar-refractivity contribution in [2.45, 2.75) is 51.2 Å². The molecular weight excluding hydrogens is 232 g/mol. The van der Waals surface area contributed by atoms with Crippen LogP contribution < -0.4 is 10.8 Å².